The highest BCUT2D eigenvalue weighted by atomic mass is 16.3. The van der Waals surface area contributed by atoms with Crippen molar-refractivity contribution in [3.8, 4) is 11.8 Å². The molecular weight excluding hydrogens is 146 g/mol. The van der Waals surface area contributed by atoms with Gasteiger partial charge in [0.2, 0.25) is 11.8 Å². The molecule has 0 spiro atoms. The van der Waals surface area contributed by atoms with Crippen LogP contribution in [0, 0.1) is 0 Å². The summed E-state index contributed by atoms with van der Waals surface area (Å²) in [6.07, 6.45) is 1.44. The Morgan fingerprint density at radius 1 is 1.36 bits per heavy atom. The van der Waals surface area contributed by atoms with E-state index in [4.69, 9.17) is 10.2 Å². The fourth-order valence-electron chi connectivity index (χ4n) is 0.871. The van der Waals surface area contributed by atoms with Crippen LogP contribution in [0.3, 0.4) is 0 Å². The zero-order valence-corrected chi connectivity index (χ0v) is 5.47. The molecule has 2 aromatic heterocycles. The van der Waals surface area contributed by atoms with E-state index >= 15 is 0 Å². The smallest absolute Gasteiger partial charge is 0.233 e. The lowest BCUT2D eigenvalue weighted by molar-refractivity contribution is 0.417. The molecule has 0 unspecified atom stereocenters. The van der Waals surface area contributed by atoms with Gasteiger partial charge < -0.3 is 10.2 Å². The average molecular weight is 151 g/mol. The van der Waals surface area contributed by atoms with Crippen molar-refractivity contribution in [2.24, 2.45) is 0 Å². The molecule has 0 amide bonds. The molecule has 0 aromatic carbocycles. The summed E-state index contributed by atoms with van der Waals surface area (Å²) in [7, 11) is 0. The minimum atomic E-state index is -0.154. The zero-order valence-electron chi connectivity index (χ0n) is 5.47. The summed E-state index contributed by atoms with van der Waals surface area (Å²) < 4.78 is 1.15. The standard InChI is InChI=1S/C6H5N3O2/c10-5-3-4-7-2-1-6(11)9(4)8-5/h1-3,11H,(H,8,10). The molecule has 56 valence electrons. The first-order chi connectivity index (χ1) is 5.27. The van der Waals surface area contributed by atoms with Gasteiger partial charge in [-0.1, -0.05) is 0 Å². The highest BCUT2D eigenvalue weighted by Gasteiger charge is 2.02. The Labute approximate surface area is 61.5 Å². The SMILES string of the molecule is Oc1cc2nccc(O)n2n1. The third-order valence-electron chi connectivity index (χ3n) is 1.33. The van der Waals surface area contributed by atoms with Gasteiger partial charge in [0.15, 0.2) is 5.65 Å². The molecular formula is C6H5N3O2. The second-order valence-electron chi connectivity index (χ2n) is 2.08. The summed E-state index contributed by atoms with van der Waals surface area (Å²) in [6, 6.07) is 2.75. The van der Waals surface area contributed by atoms with E-state index in [0.717, 1.165) is 4.52 Å². The maximum absolute atomic E-state index is 9.13. The normalized spacial score (nSPS) is 10.5. The Morgan fingerprint density at radius 2 is 2.18 bits per heavy atom. The van der Waals surface area contributed by atoms with Gasteiger partial charge in [0.1, 0.15) is 0 Å². The molecule has 0 saturated carbocycles. The predicted octanol–water partition coefficient (Wildman–Crippen LogP) is 0.140. The highest BCUT2D eigenvalue weighted by molar-refractivity contribution is 5.42. The number of rotatable bonds is 0. The van der Waals surface area contributed by atoms with Crippen LogP contribution in [-0.4, -0.2) is 24.8 Å². The molecule has 0 aliphatic heterocycles. The molecule has 0 saturated heterocycles. The molecule has 0 bridgehead atoms. The molecule has 11 heavy (non-hydrogen) atoms. The molecule has 2 rings (SSSR count). The molecule has 0 aliphatic rings. The predicted molar refractivity (Wildman–Crippen MR) is 36.3 cm³/mol. The average Bonchev–Trinajstić information content (AvgIpc) is 2.31. The van der Waals surface area contributed by atoms with Gasteiger partial charge >= 0.3 is 0 Å². The Bertz CT molecular complexity index is 396. The van der Waals surface area contributed by atoms with Crippen molar-refractivity contribution < 1.29 is 10.2 Å². The van der Waals surface area contributed by atoms with E-state index in [0.29, 0.717) is 5.65 Å². The first kappa shape index (κ1) is 5.96. The van der Waals surface area contributed by atoms with Gasteiger partial charge in [-0.05, 0) is 0 Å². The van der Waals surface area contributed by atoms with Crippen LogP contribution in [0.25, 0.3) is 5.65 Å². The van der Waals surface area contributed by atoms with Gasteiger partial charge in [0.05, 0.1) is 0 Å². The van der Waals surface area contributed by atoms with Crippen LogP contribution in [0.15, 0.2) is 18.3 Å². The first-order valence-corrected chi connectivity index (χ1v) is 3.00. The fraction of sp³-hybridized carbons (Fsp3) is 0. The molecule has 2 aromatic rings. The lowest BCUT2D eigenvalue weighted by Gasteiger charge is -1.92. The van der Waals surface area contributed by atoms with Crippen LogP contribution in [0.4, 0.5) is 0 Å². The van der Waals surface area contributed by atoms with Crippen LogP contribution < -0.4 is 0 Å². The van der Waals surface area contributed by atoms with Crippen molar-refractivity contribution in [2.75, 3.05) is 0 Å². The molecule has 0 aliphatic carbocycles. The third kappa shape index (κ3) is 0.778. The number of fused-ring (bicyclic) bond motifs is 1. The monoisotopic (exact) mass is 151 g/mol. The van der Waals surface area contributed by atoms with E-state index in [9.17, 15) is 0 Å². The van der Waals surface area contributed by atoms with E-state index in [1.54, 1.807) is 0 Å². The molecule has 5 heteroatoms. The van der Waals surface area contributed by atoms with E-state index in [1.165, 1.54) is 18.3 Å². The summed E-state index contributed by atoms with van der Waals surface area (Å²) in [5, 5.41) is 21.6. The molecule has 0 fully saturated rings. The van der Waals surface area contributed by atoms with Crippen molar-refractivity contribution in [3.05, 3.63) is 18.3 Å². The van der Waals surface area contributed by atoms with E-state index < -0.39 is 0 Å². The number of nitrogens with zero attached hydrogens (tertiary/aromatic N) is 3. The topological polar surface area (TPSA) is 70.7 Å². The number of hydrogen-bond acceptors (Lipinski definition) is 4. The Kier molecular flexibility index (Phi) is 1.00. The van der Waals surface area contributed by atoms with E-state index in [1.807, 2.05) is 0 Å². The number of aromatic nitrogens is 3. The van der Waals surface area contributed by atoms with Crippen molar-refractivity contribution >= 4 is 5.65 Å². The van der Waals surface area contributed by atoms with Crippen LogP contribution in [0.2, 0.25) is 0 Å². The maximum Gasteiger partial charge on any atom is 0.233 e. The largest absolute Gasteiger partial charge is 0.493 e. The molecule has 5 nitrogen and oxygen atoms in total. The van der Waals surface area contributed by atoms with Crippen LogP contribution in [0.5, 0.6) is 11.8 Å². The number of hydrogen-bond donors (Lipinski definition) is 2. The van der Waals surface area contributed by atoms with Gasteiger partial charge in [-0.25, -0.2) is 4.98 Å². The van der Waals surface area contributed by atoms with Crippen LogP contribution in [-0.2, 0) is 0 Å². The summed E-state index contributed by atoms with van der Waals surface area (Å²) >= 11 is 0. The highest BCUT2D eigenvalue weighted by Crippen LogP contribution is 2.14. The third-order valence-corrected chi connectivity index (χ3v) is 1.33. The summed E-state index contributed by atoms with van der Waals surface area (Å²) in [5.74, 6) is -0.200. The maximum atomic E-state index is 9.13. The first-order valence-electron chi connectivity index (χ1n) is 3.00. The lowest BCUT2D eigenvalue weighted by atomic mass is 10.6. The molecule has 0 radical (unpaired) electrons. The minimum Gasteiger partial charge on any atom is -0.493 e. The second-order valence-corrected chi connectivity index (χ2v) is 2.08. The second kappa shape index (κ2) is 1.85. The minimum absolute atomic E-state index is 0.0460. The van der Waals surface area contributed by atoms with Gasteiger partial charge in [0.25, 0.3) is 0 Å². The summed E-state index contributed by atoms with van der Waals surface area (Å²) in [6.45, 7) is 0. The van der Waals surface area contributed by atoms with Gasteiger partial charge in [-0.3, -0.25) is 0 Å². The van der Waals surface area contributed by atoms with Gasteiger partial charge in [-0.2, -0.15) is 4.52 Å². The Morgan fingerprint density at radius 3 is 2.91 bits per heavy atom. The van der Waals surface area contributed by atoms with Gasteiger partial charge in [-0.15, -0.1) is 5.10 Å². The van der Waals surface area contributed by atoms with Crippen molar-refractivity contribution in [2.45, 2.75) is 0 Å². The lowest BCUT2D eigenvalue weighted by Crippen LogP contribution is -1.88. The van der Waals surface area contributed by atoms with E-state index in [-0.39, 0.29) is 11.8 Å². The van der Waals surface area contributed by atoms with Gasteiger partial charge in [0, 0.05) is 18.3 Å². The Hall–Kier alpha value is -1.78. The Balaban J connectivity index is 2.90. The number of aromatic hydroxyl groups is 2. The van der Waals surface area contributed by atoms with E-state index in [2.05, 4.69) is 10.1 Å². The van der Waals surface area contributed by atoms with Crippen LogP contribution >= 0.6 is 0 Å². The van der Waals surface area contributed by atoms with Crippen molar-refractivity contribution in [1.29, 1.82) is 0 Å². The molecule has 2 heterocycles. The summed E-state index contributed by atoms with van der Waals surface area (Å²) in [5.41, 5.74) is 0.419. The quantitative estimate of drug-likeness (QED) is 0.561. The summed E-state index contributed by atoms with van der Waals surface area (Å²) in [4.78, 5) is 3.84. The van der Waals surface area contributed by atoms with Crippen molar-refractivity contribution in [3.63, 3.8) is 0 Å². The van der Waals surface area contributed by atoms with Crippen molar-refractivity contribution in [1.82, 2.24) is 14.6 Å². The molecule has 2 N–H and O–H groups in total. The van der Waals surface area contributed by atoms with Crippen LogP contribution in [0.1, 0.15) is 0 Å². The fourth-order valence-corrected chi connectivity index (χ4v) is 0.871. The molecule has 0 atom stereocenters. The zero-order chi connectivity index (χ0) is 7.84.